The lowest BCUT2D eigenvalue weighted by molar-refractivity contribution is 0.203. The molecule has 0 aliphatic carbocycles. The number of benzene rings is 1. The van der Waals surface area contributed by atoms with E-state index in [0.29, 0.717) is 5.25 Å². The van der Waals surface area contributed by atoms with Crippen LogP contribution in [-0.2, 0) is 11.3 Å². The van der Waals surface area contributed by atoms with Crippen molar-refractivity contribution in [1.82, 2.24) is 0 Å². The normalized spacial score (nSPS) is 12.8. The number of aliphatic hydroxyl groups is 1. The molecule has 1 rings (SSSR count). The summed E-state index contributed by atoms with van der Waals surface area (Å²) in [5, 5.41) is 9.33. The topological polar surface area (TPSA) is 29.5 Å². The molecule has 0 bridgehead atoms. The summed E-state index contributed by atoms with van der Waals surface area (Å²) in [6.07, 6.45) is 0. The van der Waals surface area contributed by atoms with E-state index in [0.717, 1.165) is 12.2 Å². The van der Waals surface area contributed by atoms with E-state index in [2.05, 4.69) is 6.92 Å². The molecule has 0 amide bonds. The van der Waals surface area contributed by atoms with Gasteiger partial charge in [0.1, 0.15) is 0 Å². The average molecular weight is 212 g/mol. The molecule has 0 aliphatic heterocycles. The Bertz CT molecular complexity index is 258. The number of rotatable bonds is 5. The molecule has 0 radical (unpaired) electrons. The minimum atomic E-state index is 0.110. The highest BCUT2D eigenvalue weighted by atomic mass is 32.2. The van der Waals surface area contributed by atoms with Gasteiger partial charge in [-0.1, -0.05) is 19.1 Å². The predicted octanol–water partition coefficient (Wildman–Crippen LogP) is 2.31. The number of hydrogen-bond acceptors (Lipinski definition) is 3. The van der Waals surface area contributed by atoms with Crippen LogP contribution >= 0.6 is 11.8 Å². The van der Waals surface area contributed by atoms with Crippen molar-refractivity contribution in [2.75, 3.05) is 13.7 Å². The van der Waals surface area contributed by atoms with Crippen molar-refractivity contribution in [1.29, 1.82) is 0 Å². The van der Waals surface area contributed by atoms with E-state index in [4.69, 9.17) is 9.84 Å². The molecule has 0 saturated carbocycles. The van der Waals surface area contributed by atoms with Crippen LogP contribution in [0.1, 0.15) is 12.5 Å². The average Bonchev–Trinajstić information content (AvgIpc) is 2.19. The minimum Gasteiger partial charge on any atom is -0.392 e. The van der Waals surface area contributed by atoms with E-state index in [1.54, 1.807) is 18.9 Å². The number of hydrogen-bond donors (Lipinski definition) is 1. The Hall–Kier alpha value is -0.510. The van der Waals surface area contributed by atoms with Gasteiger partial charge in [-0.25, -0.2) is 0 Å². The molecule has 0 aromatic heterocycles. The number of methoxy groups -OCH3 is 1. The van der Waals surface area contributed by atoms with Gasteiger partial charge in [0.2, 0.25) is 0 Å². The second kappa shape index (κ2) is 6.06. The molecule has 1 aromatic carbocycles. The fourth-order valence-corrected chi connectivity index (χ4v) is 2.14. The molecule has 1 atom stereocenters. The summed E-state index contributed by atoms with van der Waals surface area (Å²) in [5.41, 5.74) is 0.953. The Morgan fingerprint density at radius 2 is 2.00 bits per heavy atom. The van der Waals surface area contributed by atoms with E-state index >= 15 is 0 Å². The van der Waals surface area contributed by atoms with Crippen LogP contribution in [0.5, 0.6) is 0 Å². The Morgan fingerprint density at radius 3 is 2.50 bits per heavy atom. The van der Waals surface area contributed by atoms with Crippen molar-refractivity contribution in [3.63, 3.8) is 0 Å². The third kappa shape index (κ3) is 3.70. The standard InChI is InChI=1S/C11H16O2S/c1-9(8-13-2)14-11-5-3-10(7-12)4-6-11/h3-6,9,12H,7-8H2,1-2H3. The quantitative estimate of drug-likeness (QED) is 0.759. The summed E-state index contributed by atoms with van der Waals surface area (Å²) in [6, 6.07) is 7.95. The molecule has 0 heterocycles. The third-order valence-corrected chi connectivity index (χ3v) is 2.93. The van der Waals surface area contributed by atoms with E-state index in [9.17, 15) is 0 Å². The lowest BCUT2D eigenvalue weighted by Crippen LogP contribution is -2.04. The van der Waals surface area contributed by atoms with E-state index in [1.807, 2.05) is 24.3 Å². The second-order valence-corrected chi connectivity index (χ2v) is 4.70. The fraction of sp³-hybridized carbons (Fsp3) is 0.455. The summed E-state index contributed by atoms with van der Waals surface area (Å²) in [4.78, 5) is 1.21. The number of ether oxygens (including phenoxy) is 1. The van der Waals surface area contributed by atoms with Crippen molar-refractivity contribution in [3.8, 4) is 0 Å². The molecule has 1 unspecified atom stereocenters. The highest BCUT2D eigenvalue weighted by molar-refractivity contribution is 8.00. The zero-order chi connectivity index (χ0) is 10.4. The summed E-state index contributed by atoms with van der Waals surface area (Å²) in [7, 11) is 1.71. The van der Waals surface area contributed by atoms with Gasteiger partial charge in [-0.2, -0.15) is 0 Å². The molecule has 1 aromatic rings. The molecule has 0 saturated heterocycles. The molecule has 2 nitrogen and oxygen atoms in total. The van der Waals surface area contributed by atoms with Crippen molar-refractivity contribution >= 4 is 11.8 Å². The predicted molar refractivity (Wildman–Crippen MR) is 59.6 cm³/mol. The van der Waals surface area contributed by atoms with Gasteiger partial charge in [-0.15, -0.1) is 11.8 Å². The maximum atomic E-state index is 8.87. The SMILES string of the molecule is COCC(C)Sc1ccc(CO)cc1. The minimum absolute atomic E-state index is 0.110. The maximum absolute atomic E-state index is 8.87. The molecule has 1 N–H and O–H groups in total. The molecule has 0 spiro atoms. The van der Waals surface area contributed by atoms with Crippen LogP contribution in [0.2, 0.25) is 0 Å². The molecular formula is C11H16O2S. The summed E-state index contributed by atoms with van der Waals surface area (Å²) in [6.45, 7) is 3.00. The van der Waals surface area contributed by atoms with Gasteiger partial charge in [0.25, 0.3) is 0 Å². The molecule has 3 heteroatoms. The monoisotopic (exact) mass is 212 g/mol. The lowest BCUT2D eigenvalue weighted by atomic mass is 10.2. The van der Waals surface area contributed by atoms with Gasteiger partial charge < -0.3 is 9.84 Å². The van der Waals surface area contributed by atoms with Gasteiger partial charge in [-0.05, 0) is 17.7 Å². The van der Waals surface area contributed by atoms with Crippen LogP contribution in [0, 0.1) is 0 Å². The number of aliphatic hydroxyl groups excluding tert-OH is 1. The van der Waals surface area contributed by atoms with Gasteiger partial charge in [-0.3, -0.25) is 0 Å². The molecule has 14 heavy (non-hydrogen) atoms. The van der Waals surface area contributed by atoms with E-state index in [1.165, 1.54) is 4.90 Å². The maximum Gasteiger partial charge on any atom is 0.0681 e. The largest absolute Gasteiger partial charge is 0.392 e. The van der Waals surface area contributed by atoms with Crippen LogP contribution in [0.4, 0.5) is 0 Å². The van der Waals surface area contributed by atoms with Crippen molar-refractivity contribution in [2.24, 2.45) is 0 Å². The first-order valence-electron chi connectivity index (χ1n) is 4.61. The van der Waals surface area contributed by atoms with Crippen molar-refractivity contribution in [3.05, 3.63) is 29.8 Å². The third-order valence-electron chi connectivity index (χ3n) is 1.84. The molecule has 0 aliphatic rings. The van der Waals surface area contributed by atoms with Crippen LogP contribution in [-0.4, -0.2) is 24.1 Å². The number of thioether (sulfide) groups is 1. The van der Waals surface area contributed by atoms with Gasteiger partial charge >= 0.3 is 0 Å². The fourth-order valence-electron chi connectivity index (χ4n) is 1.17. The van der Waals surface area contributed by atoms with Gasteiger partial charge in [0.15, 0.2) is 0 Å². The van der Waals surface area contributed by atoms with Crippen molar-refractivity contribution < 1.29 is 9.84 Å². The van der Waals surface area contributed by atoms with E-state index < -0.39 is 0 Å². The van der Waals surface area contributed by atoms with Gasteiger partial charge in [0.05, 0.1) is 13.2 Å². The van der Waals surface area contributed by atoms with Crippen LogP contribution < -0.4 is 0 Å². The summed E-state index contributed by atoms with van der Waals surface area (Å²) < 4.78 is 5.06. The van der Waals surface area contributed by atoms with Crippen molar-refractivity contribution in [2.45, 2.75) is 23.7 Å². The Balaban J connectivity index is 2.50. The van der Waals surface area contributed by atoms with Crippen LogP contribution in [0.3, 0.4) is 0 Å². The first kappa shape index (κ1) is 11.6. The molecule has 0 fully saturated rings. The Labute approximate surface area is 89.3 Å². The van der Waals surface area contributed by atoms with E-state index in [-0.39, 0.29) is 6.61 Å². The smallest absolute Gasteiger partial charge is 0.0681 e. The molecular weight excluding hydrogens is 196 g/mol. The highest BCUT2D eigenvalue weighted by Gasteiger charge is 2.03. The first-order chi connectivity index (χ1) is 6.76. The van der Waals surface area contributed by atoms with Crippen LogP contribution in [0.15, 0.2) is 29.2 Å². The lowest BCUT2D eigenvalue weighted by Gasteiger charge is -2.09. The zero-order valence-corrected chi connectivity index (χ0v) is 9.38. The second-order valence-electron chi connectivity index (χ2n) is 3.19. The molecule has 78 valence electrons. The van der Waals surface area contributed by atoms with Gasteiger partial charge in [0, 0.05) is 17.3 Å². The summed E-state index contributed by atoms with van der Waals surface area (Å²) in [5.74, 6) is 0. The summed E-state index contributed by atoms with van der Waals surface area (Å²) >= 11 is 1.78. The Morgan fingerprint density at radius 1 is 1.36 bits per heavy atom. The highest BCUT2D eigenvalue weighted by Crippen LogP contribution is 2.23. The van der Waals surface area contributed by atoms with Crippen LogP contribution in [0.25, 0.3) is 0 Å². The zero-order valence-electron chi connectivity index (χ0n) is 8.56. The Kier molecular flexibility index (Phi) is 5.01. The first-order valence-corrected chi connectivity index (χ1v) is 5.49.